The minimum absolute atomic E-state index is 0.0266. The summed E-state index contributed by atoms with van der Waals surface area (Å²) < 4.78 is 5.76. The third kappa shape index (κ3) is 7.53. The Morgan fingerprint density at radius 2 is 1.28 bits per heavy atom. The zero-order valence-electron chi connectivity index (χ0n) is 16.9. The van der Waals surface area contributed by atoms with Gasteiger partial charge in [0.05, 0.1) is 19.8 Å². The fourth-order valence-electron chi connectivity index (χ4n) is 3.07. The summed E-state index contributed by atoms with van der Waals surface area (Å²) in [6, 6.07) is 28.5. The van der Waals surface area contributed by atoms with Gasteiger partial charge in [-0.1, -0.05) is 84.9 Å². The molecule has 0 aliphatic heterocycles. The molecule has 150 valence electrons. The second-order valence-corrected chi connectivity index (χ2v) is 7.23. The van der Waals surface area contributed by atoms with Crippen LogP contribution in [0.15, 0.2) is 84.9 Å². The van der Waals surface area contributed by atoms with Crippen LogP contribution < -0.4 is 5.32 Å². The van der Waals surface area contributed by atoms with E-state index in [9.17, 15) is 4.79 Å². The molecule has 0 aliphatic rings. The number of carbonyl (C=O) groups is 1. The summed E-state index contributed by atoms with van der Waals surface area (Å²) in [6.07, 6.45) is 0. The summed E-state index contributed by atoms with van der Waals surface area (Å²) in [7, 11) is 1.96. The Bertz CT molecular complexity index is 864. The summed E-state index contributed by atoms with van der Waals surface area (Å²) in [5.41, 5.74) is 4.58. The van der Waals surface area contributed by atoms with Crippen molar-refractivity contribution in [2.24, 2.45) is 0 Å². The predicted octanol–water partition coefficient (Wildman–Crippen LogP) is 4.15. The lowest BCUT2D eigenvalue weighted by Gasteiger charge is -2.16. The van der Waals surface area contributed by atoms with E-state index < -0.39 is 0 Å². The predicted molar refractivity (Wildman–Crippen MR) is 116 cm³/mol. The number of likely N-dealkylation sites (N-methyl/N-ethyl adjacent to an activating group) is 1. The zero-order chi connectivity index (χ0) is 20.3. The number of amides is 1. The van der Waals surface area contributed by atoms with E-state index in [0.29, 0.717) is 26.3 Å². The molecule has 0 atom stereocenters. The van der Waals surface area contributed by atoms with Gasteiger partial charge in [-0.3, -0.25) is 9.69 Å². The first-order valence-electron chi connectivity index (χ1n) is 9.88. The number of ether oxygens (including phenoxy) is 1. The van der Waals surface area contributed by atoms with Gasteiger partial charge in [-0.15, -0.1) is 0 Å². The molecule has 0 saturated carbocycles. The van der Waals surface area contributed by atoms with Gasteiger partial charge in [0.1, 0.15) is 0 Å². The Morgan fingerprint density at radius 1 is 0.759 bits per heavy atom. The van der Waals surface area contributed by atoms with Crippen molar-refractivity contribution in [3.8, 4) is 0 Å². The van der Waals surface area contributed by atoms with Gasteiger partial charge in [0.2, 0.25) is 5.91 Å². The SMILES string of the molecule is CN(CC(=O)NCc1ccc(COCc2ccccc2)cc1)Cc1ccccc1. The number of hydrogen-bond donors (Lipinski definition) is 1. The molecule has 0 heterocycles. The molecular formula is C25H28N2O2. The van der Waals surface area contributed by atoms with Crippen LogP contribution in [-0.2, 0) is 35.8 Å². The second kappa shape index (κ2) is 11.1. The van der Waals surface area contributed by atoms with Gasteiger partial charge in [-0.25, -0.2) is 0 Å². The van der Waals surface area contributed by atoms with Crippen molar-refractivity contribution in [1.82, 2.24) is 10.2 Å². The van der Waals surface area contributed by atoms with Gasteiger partial charge in [-0.2, -0.15) is 0 Å². The Morgan fingerprint density at radius 3 is 1.90 bits per heavy atom. The van der Waals surface area contributed by atoms with Crippen LogP contribution in [0.2, 0.25) is 0 Å². The van der Waals surface area contributed by atoms with Gasteiger partial charge < -0.3 is 10.1 Å². The quantitative estimate of drug-likeness (QED) is 0.567. The third-order valence-electron chi connectivity index (χ3n) is 4.60. The molecule has 3 aromatic rings. The van der Waals surface area contributed by atoms with Crippen molar-refractivity contribution in [3.63, 3.8) is 0 Å². The first-order chi connectivity index (χ1) is 14.2. The summed E-state index contributed by atoms with van der Waals surface area (Å²) in [5, 5.41) is 2.99. The van der Waals surface area contributed by atoms with Crippen molar-refractivity contribution >= 4 is 5.91 Å². The second-order valence-electron chi connectivity index (χ2n) is 7.23. The van der Waals surface area contributed by atoms with E-state index in [4.69, 9.17) is 4.74 Å². The van der Waals surface area contributed by atoms with Crippen LogP contribution in [0.1, 0.15) is 22.3 Å². The molecule has 1 N–H and O–H groups in total. The maximum absolute atomic E-state index is 12.2. The molecule has 4 nitrogen and oxygen atoms in total. The van der Waals surface area contributed by atoms with Crippen LogP contribution in [0, 0.1) is 0 Å². The highest BCUT2D eigenvalue weighted by Gasteiger charge is 2.07. The largest absolute Gasteiger partial charge is 0.372 e. The first kappa shape index (κ1) is 20.8. The molecule has 1 amide bonds. The molecule has 4 heteroatoms. The van der Waals surface area contributed by atoms with Crippen LogP contribution in [-0.4, -0.2) is 24.4 Å². The average molecular weight is 389 g/mol. The average Bonchev–Trinajstić information content (AvgIpc) is 2.74. The number of benzene rings is 3. The fraction of sp³-hybridized carbons (Fsp3) is 0.240. The Labute approximate surface area is 173 Å². The van der Waals surface area contributed by atoms with E-state index in [2.05, 4.69) is 29.6 Å². The molecule has 0 fully saturated rings. The van der Waals surface area contributed by atoms with E-state index in [0.717, 1.165) is 17.7 Å². The van der Waals surface area contributed by atoms with Gasteiger partial charge in [0.25, 0.3) is 0 Å². The normalized spacial score (nSPS) is 10.8. The molecule has 0 radical (unpaired) electrons. The Hall–Kier alpha value is -2.95. The monoisotopic (exact) mass is 388 g/mol. The highest BCUT2D eigenvalue weighted by atomic mass is 16.5. The number of nitrogens with zero attached hydrogens (tertiary/aromatic N) is 1. The number of hydrogen-bond acceptors (Lipinski definition) is 3. The van der Waals surface area contributed by atoms with E-state index >= 15 is 0 Å². The lowest BCUT2D eigenvalue weighted by molar-refractivity contribution is -0.122. The molecule has 0 aromatic heterocycles. The van der Waals surface area contributed by atoms with Gasteiger partial charge in [0, 0.05) is 13.1 Å². The maximum atomic E-state index is 12.2. The molecule has 0 bridgehead atoms. The van der Waals surface area contributed by atoms with E-state index in [1.807, 2.05) is 72.6 Å². The Kier molecular flexibility index (Phi) is 7.99. The van der Waals surface area contributed by atoms with Crippen molar-refractivity contribution in [2.75, 3.05) is 13.6 Å². The van der Waals surface area contributed by atoms with E-state index in [-0.39, 0.29) is 5.91 Å². The molecule has 0 unspecified atom stereocenters. The minimum Gasteiger partial charge on any atom is -0.372 e. The number of carbonyl (C=O) groups excluding carboxylic acids is 1. The number of rotatable bonds is 10. The van der Waals surface area contributed by atoms with E-state index in [1.165, 1.54) is 11.1 Å². The fourth-order valence-corrected chi connectivity index (χ4v) is 3.07. The Balaban J connectivity index is 1.36. The first-order valence-corrected chi connectivity index (χ1v) is 9.88. The van der Waals surface area contributed by atoms with Crippen LogP contribution >= 0.6 is 0 Å². The van der Waals surface area contributed by atoms with Crippen LogP contribution in [0.5, 0.6) is 0 Å². The molecule has 29 heavy (non-hydrogen) atoms. The zero-order valence-corrected chi connectivity index (χ0v) is 16.9. The summed E-state index contributed by atoms with van der Waals surface area (Å²) in [6.45, 7) is 2.84. The molecular weight excluding hydrogens is 360 g/mol. The maximum Gasteiger partial charge on any atom is 0.234 e. The topological polar surface area (TPSA) is 41.6 Å². The molecule has 3 rings (SSSR count). The van der Waals surface area contributed by atoms with Crippen LogP contribution in [0.3, 0.4) is 0 Å². The molecule has 0 saturated heterocycles. The van der Waals surface area contributed by atoms with Gasteiger partial charge >= 0.3 is 0 Å². The summed E-state index contributed by atoms with van der Waals surface area (Å²) in [5.74, 6) is 0.0266. The number of nitrogens with one attached hydrogen (secondary N) is 1. The van der Waals surface area contributed by atoms with Crippen molar-refractivity contribution in [1.29, 1.82) is 0 Å². The molecule has 0 spiro atoms. The molecule has 3 aromatic carbocycles. The van der Waals surface area contributed by atoms with Crippen molar-refractivity contribution in [3.05, 3.63) is 107 Å². The van der Waals surface area contributed by atoms with Crippen LogP contribution in [0.25, 0.3) is 0 Å². The highest BCUT2D eigenvalue weighted by Crippen LogP contribution is 2.08. The highest BCUT2D eigenvalue weighted by molar-refractivity contribution is 5.77. The van der Waals surface area contributed by atoms with Gasteiger partial charge in [-0.05, 0) is 29.3 Å². The lowest BCUT2D eigenvalue weighted by Crippen LogP contribution is -2.34. The third-order valence-corrected chi connectivity index (χ3v) is 4.60. The standard InChI is InChI=1S/C25H28N2O2/c1-27(17-22-8-4-2-5-9-22)18-25(28)26-16-21-12-14-24(15-13-21)20-29-19-23-10-6-3-7-11-23/h2-15H,16-20H2,1H3,(H,26,28). The van der Waals surface area contributed by atoms with Crippen molar-refractivity contribution in [2.45, 2.75) is 26.3 Å². The molecule has 0 aliphatic carbocycles. The van der Waals surface area contributed by atoms with Gasteiger partial charge in [0.15, 0.2) is 0 Å². The smallest absolute Gasteiger partial charge is 0.234 e. The van der Waals surface area contributed by atoms with Crippen molar-refractivity contribution < 1.29 is 9.53 Å². The minimum atomic E-state index is 0.0266. The lowest BCUT2D eigenvalue weighted by atomic mass is 10.1. The van der Waals surface area contributed by atoms with Crippen LogP contribution in [0.4, 0.5) is 0 Å². The van der Waals surface area contributed by atoms with E-state index in [1.54, 1.807) is 0 Å². The summed E-state index contributed by atoms with van der Waals surface area (Å²) in [4.78, 5) is 14.2. The summed E-state index contributed by atoms with van der Waals surface area (Å²) >= 11 is 0.